The molecular formula is C11H14BrNO2. The highest BCUT2D eigenvalue weighted by Crippen LogP contribution is 2.27. The summed E-state index contributed by atoms with van der Waals surface area (Å²) >= 11 is 3.23. The van der Waals surface area contributed by atoms with Crippen molar-refractivity contribution in [2.45, 2.75) is 26.3 Å². The van der Waals surface area contributed by atoms with Gasteiger partial charge in [-0.1, -0.05) is 6.92 Å². The Kier molecular flexibility index (Phi) is 2.87. The van der Waals surface area contributed by atoms with E-state index >= 15 is 0 Å². The van der Waals surface area contributed by atoms with Crippen molar-refractivity contribution in [3.05, 3.63) is 22.6 Å². The van der Waals surface area contributed by atoms with E-state index in [4.69, 9.17) is 4.42 Å². The largest absolute Gasteiger partial charge is 0.457 e. The molecule has 1 fully saturated rings. The van der Waals surface area contributed by atoms with Crippen molar-refractivity contribution >= 4 is 21.8 Å². The number of nitrogens with zero attached hydrogens (tertiary/aromatic N) is 1. The number of carbonyl (C=O) groups excluding carboxylic acids is 1. The van der Waals surface area contributed by atoms with Gasteiger partial charge in [-0.05, 0) is 41.3 Å². The van der Waals surface area contributed by atoms with E-state index in [0.29, 0.717) is 22.2 Å². The van der Waals surface area contributed by atoms with Gasteiger partial charge in [0.2, 0.25) is 0 Å². The third-order valence-corrected chi connectivity index (χ3v) is 3.51. The van der Waals surface area contributed by atoms with Crippen LogP contribution in [0.5, 0.6) is 0 Å². The molecule has 0 aromatic carbocycles. The minimum absolute atomic E-state index is 0.0625. The molecule has 0 radical (unpaired) electrons. The fraction of sp³-hybridized carbons (Fsp3) is 0.545. The van der Waals surface area contributed by atoms with Gasteiger partial charge in [-0.15, -0.1) is 0 Å². The first-order valence-corrected chi connectivity index (χ1v) is 5.93. The van der Waals surface area contributed by atoms with Crippen LogP contribution >= 0.6 is 15.9 Å². The number of hydrogen-bond donors (Lipinski definition) is 0. The Morgan fingerprint density at radius 2 is 2.33 bits per heavy atom. The Morgan fingerprint density at radius 1 is 1.60 bits per heavy atom. The lowest BCUT2D eigenvalue weighted by Gasteiger charge is -2.20. The molecule has 2 unspecified atom stereocenters. The number of furan rings is 1. The highest BCUT2D eigenvalue weighted by atomic mass is 79.9. The zero-order valence-corrected chi connectivity index (χ0v) is 10.5. The molecule has 0 bridgehead atoms. The Bertz CT molecular complexity index is 374. The number of amides is 1. The van der Waals surface area contributed by atoms with Crippen molar-refractivity contribution in [3.8, 4) is 0 Å². The fourth-order valence-electron chi connectivity index (χ4n) is 2.18. The summed E-state index contributed by atoms with van der Waals surface area (Å²) in [5.41, 5.74) is 0.621. The van der Waals surface area contributed by atoms with Crippen LogP contribution in [0.25, 0.3) is 0 Å². The Hall–Kier alpha value is -0.770. The van der Waals surface area contributed by atoms with Crippen LogP contribution in [0.4, 0.5) is 0 Å². The van der Waals surface area contributed by atoms with Crippen LogP contribution in [0.15, 0.2) is 21.4 Å². The predicted octanol–water partition coefficient (Wildman–Crippen LogP) is 2.91. The van der Waals surface area contributed by atoms with Gasteiger partial charge in [0.15, 0.2) is 4.67 Å². The lowest BCUT2D eigenvalue weighted by atomic mass is 10.1. The van der Waals surface area contributed by atoms with E-state index in [1.807, 2.05) is 4.90 Å². The minimum Gasteiger partial charge on any atom is -0.457 e. The maximum atomic E-state index is 12.1. The molecule has 1 aromatic heterocycles. The SMILES string of the molecule is CC1CC(C)N(C(=O)c2ccoc2Br)C1. The molecule has 1 aliphatic heterocycles. The van der Waals surface area contributed by atoms with Crippen LogP contribution in [0.3, 0.4) is 0 Å². The van der Waals surface area contributed by atoms with Crippen molar-refractivity contribution in [3.63, 3.8) is 0 Å². The van der Waals surface area contributed by atoms with Gasteiger partial charge < -0.3 is 9.32 Å². The summed E-state index contributed by atoms with van der Waals surface area (Å²) in [6, 6.07) is 2.04. The number of halogens is 1. The topological polar surface area (TPSA) is 33.5 Å². The Morgan fingerprint density at radius 3 is 2.80 bits per heavy atom. The number of hydrogen-bond acceptors (Lipinski definition) is 2. The first-order valence-electron chi connectivity index (χ1n) is 5.13. The van der Waals surface area contributed by atoms with Crippen molar-refractivity contribution in [1.29, 1.82) is 0 Å². The fourth-order valence-corrected chi connectivity index (χ4v) is 2.59. The van der Waals surface area contributed by atoms with Crippen LogP contribution in [-0.2, 0) is 0 Å². The molecule has 1 aromatic rings. The monoisotopic (exact) mass is 271 g/mol. The molecule has 1 aliphatic rings. The maximum Gasteiger partial charge on any atom is 0.258 e. The van der Waals surface area contributed by atoms with Gasteiger partial charge in [0.05, 0.1) is 11.8 Å². The predicted molar refractivity (Wildman–Crippen MR) is 60.7 cm³/mol. The zero-order valence-electron chi connectivity index (χ0n) is 8.87. The molecule has 4 heteroatoms. The van der Waals surface area contributed by atoms with E-state index in [-0.39, 0.29) is 5.91 Å². The average Bonchev–Trinajstić information content (AvgIpc) is 2.71. The second kappa shape index (κ2) is 4.00. The van der Waals surface area contributed by atoms with Gasteiger partial charge in [-0.25, -0.2) is 0 Å². The van der Waals surface area contributed by atoms with E-state index in [1.54, 1.807) is 6.07 Å². The highest BCUT2D eigenvalue weighted by Gasteiger charge is 2.31. The standard InChI is InChI=1S/C11H14BrNO2/c1-7-5-8(2)13(6-7)11(14)9-3-4-15-10(9)12/h3-4,7-8H,5-6H2,1-2H3. The first-order chi connectivity index (χ1) is 7.09. The quantitative estimate of drug-likeness (QED) is 0.787. The van der Waals surface area contributed by atoms with Crippen LogP contribution in [0.1, 0.15) is 30.6 Å². The van der Waals surface area contributed by atoms with Gasteiger partial charge in [-0.3, -0.25) is 4.79 Å². The van der Waals surface area contributed by atoms with Crippen molar-refractivity contribution in [2.75, 3.05) is 6.54 Å². The lowest BCUT2D eigenvalue weighted by molar-refractivity contribution is 0.0742. The molecule has 1 amide bonds. The number of rotatable bonds is 1. The smallest absolute Gasteiger partial charge is 0.258 e. The van der Waals surface area contributed by atoms with E-state index in [2.05, 4.69) is 29.8 Å². The molecular weight excluding hydrogens is 258 g/mol. The molecule has 3 nitrogen and oxygen atoms in total. The maximum absolute atomic E-state index is 12.1. The average molecular weight is 272 g/mol. The van der Waals surface area contributed by atoms with Crippen LogP contribution in [0.2, 0.25) is 0 Å². The summed E-state index contributed by atoms with van der Waals surface area (Å²) < 4.78 is 5.60. The molecule has 0 aliphatic carbocycles. The van der Waals surface area contributed by atoms with E-state index in [9.17, 15) is 4.79 Å². The summed E-state index contributed by atoms with van der Waals surface area (Å²) in [6.45, 7) is 5.11. The lowest BCUT2D eigenvalue weighted by Crippen LogP contribution is -2.33. The van der Waals surface area contributed by atoms with Gasteiger partial charge in [-0.2, -0.15) is 0 Å². The van der Waals surface area contributed by atoms with Crippen LogP contribution in [-0.4, -0.2) is 23.4 Å². The van der Waals surface area contributed by atoms with E-state index < -0.39 is 0 Å². The van der Waals surface area contributed by atoms with Crippen molar-refractivity contribution in [2.24, 2.45) is 5.92 Å². The zero-order chi connectivity index (χ0) is 11.0. The molecule has 2 atom stereocenters. The second-order valence-corrected chi connectivity index (χ2v) is 4.98. The third kappa shape index (κ3) is 1.95. The minimum atomic E-state index is 0.0625. The second-order valence-electron chi connectivity index (χ2n) is 4.26. The molecule has 15 heavy (non-hydrogen) atoms. The number of likely N-dealkylation sites (tertiary alicyclic amines) is 1. The molecule has 0 saturated carbocycles. The molecule has 2 rings (SSSR count). The summed E-state index contributed by atoms with van der Waals surface area (Å²) in [5, 5.41) is 0. The van der Waals surface area contributed by atoms with Crippen molar-refractivity contribution < 1.29 is 9.21 Å². The highest BCUT2D eigenvalue weighted by molar-refractivity contribution is 9.10. The molecule has 82 valence electrons. The van der Waals surface area contributed by atoms with Crippen LogP contribution in [0, 0.1) is 5.92 Å². The molecule has 1 saturated heterocycles. The molecule has 0 spiro atoms. The van der Waals surface area contributed by atoms with Gasteiger partial charge in [0, 0.05) is 12.6 Å². The molecule has 2 heterocycles. The van der Waals surface area contributed by atoms with E-state index in [0.717, 1.165) is 13.0 Å². The third-order valence-electron chi connectivity index (χ3n) is 2.89. The van der Waals surface area contributed by atoms with Gasteiger partial charge >= 0.3 is 0 Å². The Balaban J connectivity index is 2.19. The summed E-state index contributed by atoms with van der Waals surface area (Å²) in [7, 11) is 0. The summed E-state index contributed by atoms with van der Waals surface area (Å²) in [4.78, 5) is 14.0. The number of carbonyl (C=O) groups is 1. The summed E-state index contributed by atoms with van der Waals surface area (Å²) in [6.07, 6.45) is 2.61. The van der Waals surface area contributed by atoms with Crippen LogP contribution < -0.4 is 0 Å². The Labute approximate surface area is 97.6 Å². The van der Waals surface area contributed by atoms with E-state index in [1.165, 1.54) is 6.26 Å². The molecule has 0 N–H and O–H groups in total. The normalized spacial score (nSPS) is 25.9. The van der Waals surface area contributed by atoms with Gasteiger partial charge in [0.1, 0.15) is 0 Å². The van der Waals surface area contributed by atoms with Gasteiger partial charge in [0.25, 0.3) is 5.91 Å². The summed E-state index contributed by atoms with van der Waals surface area (Å²) in [5.74, 6) is 0.655. The van der Waals surface area contributed by atoms with Crippen molar-refractivity contribution in [1.82, 2.24) is 4.90 Å². The first kappa shape index (κ1) is 10.7.